The Morgan fingerprint density at radius 3 is 2.65 bits per heavy atom. The fourth-order valence-electron chi connectivity index (χ4n) is 2.11. The van der Waals surface area contributed by atoms with Crippen LogP contribution in [0.25, 0.3) is 11.0 Å². The third-order valence-corrected chi connectivity index (χ3v) is 3.03. The van der Waals surface area contributed by atoms with Crippen LogP contribution in [-0.2, 0) is 4.79 Å². The fourth-order valence-corrected chi connectivity index (χ4v) is 2.11. The predicted molar refractivity (Wildman–Crippen MR) is 86.5 cm³/mol. The van der Waals surface area contributed by atoms with Crippen molar-refractivity contribution in [2.24, 2.45) is 0 Å². The molecular weight excluding hydrogens is 296 g/mol. The van der Waals surface area contributed by atoms with E-state index in [-0.39, 0.29) is 0 Å². The summed E-state index contributed by atoms with van der Waals surface area (Å²) in [5.74, 6) is -0.0476. The highest BCUT2D eigenvalue weighted by Gasteiger charge is 2.06. The number of carbonyl (C=O) groups excluding carboxylic acids is 2. The maximum absolute atomic E-state index is 12.0. The van der Waals surface area contributed by atoms with E-state index in [0.717, 1.165) is 11.0 Å². The molecule has 0 atom stereocenters. The lowest BCUT2D eigenvalue weighted by Crippen LogP contribution is -2.19. The number of imidazole rings is 1. The van der Waals surface area contributed by atoms with Gasteiger partial charge in [-0.3, -0.25) is 4.79 Å². The maximum atomic E-state index is 12.0. The van der Waals surface area contributed by atoms with Gasteiger partial charge in [-0.2, -0.15) is 0 Å². The summed E-state index contributed by atoms with van der Waals surface area (Å²) < 4.78 is 4.97. The molecule has 0 fully saturated rings. The van der Waals surface area contributed by atoms with Gasteiger partial charge in [-0.15, -0.1) is 0 Å². The number of aromatic nitrogens is 2. The van der Waals surface area contributed by atoms with E-state index < -0.39 is 12.0 Å². The number of hydrogen-bond donors (Lipinski definition) is 3. The smallest absolute Gasteiger partial charge is 0.323 e. The molecule has 1 heterocycles. The van der Waals surface area contributed by atoms with E-state index in [1.165, 1.54) is 6.92 Å². The first kappa shape index (κ1) is 14.6. The molecule has 23 heavy (non-hydrogen) atoms. The van der Waals surface area contributed by atoms with Crippen LogP contribution in [-0.4, -0.2) is 22.0 Å². The van der Waals surface area contributed by atoms with Crippen LogP contribution in [0, 0.1) is 0 Å². The summed E-state index contributed by atoms with van der Waals surface area (Å²) in [5.41, 5.74) is 2.81. The summed E-state index contributed by atoms with van der Waals surface area (Å²) in [6.45, 7) is 1.32. The molecule has 0 unspecified atom stereocenters. The molecule has 0 saturated carbocycles. The molecule has 2 amide bonds. The van der Waals surface area contributed by atoms with Crippen LogP contribution >= 0.6 is 0 Å². The van der Waals surface area contributed by atoms with Gasteiger partial charge in [0.1, 0.15) is 5.75 Å². The third-order valence-electron chi connectivity index (χ3n) is 3.03. The van der Waals surface area contributed by atoms with Crippen LogP contribution in [0.1, 0.15) is 6.92 Å². The highest BCUT2D eigenvalue weighted by atomic mass is 16.5. The molecule has 3 N–H and O–H groups in total. The SMILES string of the molecule is CC(=O)Oc1cccc(NC(=O)Nc2ccc3nc[nH]c3c2)c1. The van der Waals surface area contributed by atoms with Gasteiger partial charge in [-0.05, 0) is 30.3 Å². The van der Waals surface area contributed by atoms with Gasteiger partial charge in [-0.25, -0.2) is 9.78 Å². The Kier molecular flexibility index (Phi) is 3.92. The van der Waals surface area contributed by atoms with Gasteiger partial charge < -0.3 is 20.4 Å². The molecule has 3 rings (SSSR count). The van der Waals surface area contributed by atoms with Gasteiger partial charge in [0.2, 0.25) is 0 Å². The van der Waals surface area contributed by atoms with Crippen LogP contribution < -0.4 is 15.4 Å². The lowest BCUT2D eigenvalue weighted by Gasteiger charge is -2.09. The Hall–Kier alpha value is -3.35. The van der Waals surface area contributed by atoms with Crippen molar-refractivity contribution in [2.75, 3.05) is 10.6 Å². The zero-order valence-corrected chi connectivity index (χ0v) is 12.3. The summed E-state index contributed by atoms with van der Waals surface area (Å²) in [5, 5.41) is 5.41. The molecular formula is C16H14N4O3. The van der Waals surface area contributed by atoms with E-state index in [1.54, 1.807) is 42.7 Å². The average molecular weight is 310 g/mol. The number of benzene rings is 2. The van der Waals surface area contributed by atoms with Gasteiger partial charge in [0.25, 0.3) is 0 Å². The second-order valence-electron chi connectivity index (χ2n) is 4.84. The van der Waals surface area contributed by atoms with Gasteiger partial charge in [-0.1, -0.05) is 6.07 Å². The number of aromatic amines is 1. The zero-order chi connectivity index (χ0) is 16.2. The summed E-state index contributed by atoms with van der Waals surface area (Å²) >= 11 is 0. The second-order valence-corrected chi connectivity index (χ2v) is 4.84. The van der Waals surface area contributed by atoms with Crippen molar-refractivity contribution in [1.29, 1.82) is 0 Å². The number of rotatable bonds is 3. The highest BCUT2D eigenvalue weighted by molar-refractivity contribution is 6.00. The number of amides is 2. The minimum atomic E-state index is -0.417. The molecule has 7 nitrogen and oxygen atoms in total. The number of esters is 1. The quantitative estimate of drug-likeness (QED) is 0.511. The summed E-state index contributed by atoms with van der Waals surface area (Å²) in [4.78, 5) is 30.1. The van der Waals surface area contributed by atoms with E-state index in [0.29, 0.717) is 17.1 Å². The highest BCUT2D eigenvalue weighted by Crippen LogP contribution is 2.19. The number of hydrogen-bond acceptors (Lipinski definition) is 4. The van der Waals surface area contributed by atoms with Crippen molar-refractivity contribution < 1.29 is 14.3 Å². The van der Waals surface area contributed by atoms with Crippen molar-refractivity contribution in [3.05, 3.63) is 48.8 Å². The number of nitrogens with one attached hydrogen (secondary N) is 3. The van der Waals surface area contributed by atoms with Crippen LogP contribution in [0.3, 0.4) is 0 Å². The van der Waals surface area contributed by atoms with Gasteiger partial charge in [0.15, 0.2) is 0 Å². The number of urea groups is 1. The molecule has 0 saturated heterocycles. The van der Waals surface area contributed by atoms with Crippen molar-refractivity contribution in [1.82, 2.24) is 9.97 Å². The molecule has 3 aromatic rings. The van der Waals surface area contributed by atoms with Gasteiger partial charge in [0, 0.05) is 24.4 Å². The second kappa shape index (κ2) is 6.18. The number of fused-ring (bicyclic) bond motifs is 1. The van der Waals surface area contributed by atoms with E-state index in [2.05, 4.69) is 20.6 Å². The van der Waals surface area contributed by atoms with E-state index in [9.17, 15) is 9.59 Å². The van der Waals surface area contributed by atoms with Crippen molar-refractivity contribution >= 4 is 34.4 Å². The Bertz CT molecular complexity index is 872. The number of nitrogens with zero attached hydrogens (tertiary/aromatic N) is 1. The third kappa shape index (κ3) is 3.65. The number of anilines is 2. The Morgan fingerprint density at radius 2 is 1.87 bits per heavy atom. The number of H-pyrrole nitrogens is 1. The number of ether oxygens (including phenoxy) is 1. The van der Waals surface area contributed by atoms with E-state index in [1.807, 2.05) is 6.07 Å². The summed E-state index contributed by atoms with van der Waals surface area (Å²) in [6.07, 6.45) is 1.59. The number of carbonyl (C=O) groups is 2. The molecule has 1 aromatic heterocycles. The van der Waals surface area contributed by atoms with Crippen molar-refractivity contribution in [2.45, 2.75) is 6.92 Å². The van der Waals surface area contributed by atoms with Crippen molar-refractivity contribution in [3.8, 4) is 5.75 Å². The van der Waals surface area contributed by atoms with Crippen LogP contribution in [0.5, 0.6) is 5.75 Å². The monoisotopic (exact) mass is 310 g/mol. The lowest BCUT2D eigenvalue weighted by molar-refractivity contribution is -0.131. The van der Waals surface area contributed by atoms with Gasteiger partial charge in [0.05, 0.1) is 17.4 Å². The van der Waals surface area contributed by atoms with Crippen LogP contribution in [0.15, 0.2) is 48.8 Å². The average Bonchev–Trinajstić information content (AvgIpc) is 2.94. The standard InChI is InChI=1S/C16H14N4O3/c1-10(21)23-13-4-2-3-11(7-13)19-16(22)20-12-5-6-14-15(8-12)18-9-17-14/h2-9H,1H3,(H,17,18)(H2,19,20,22). The molecule has 0 aliphatic carbocycles. The Morgan fingerprint density at radius 1 is 1.09 bits per heavy atom. The molecule has 0 bridgehead atoms. The topological polar surface area (TPSA) is 96.1 Å². The first-order chi connectivity index (χ1) is 11.1. The minimum Gasteiger partial charge on any atom is -0.427 e. The Labute approximate surface area is 131 Å². The molecule has 0 aliphatic rings. The fraction of sp³-hybridized carbons (Fsp3) is 0.0625. The summed E-state index contributed by atoms with van der Waals surface area (Å²) in [7, 11) is 0. The first-order valence-corrected chi connectivity index (χ1v) is 6.90. The van der Waals surface area contributed by atoms with Crippen LogP contribution in [0.2, 0.25) is 0 Å². The molecule has 0 aliphatic heterocycles. The maximum Gasteiger partial charge on any atom is 0.323 e. The summed E-state index contributed by atoms with van der Waals surface area (Å²) in [6, 6.07) is 11.5. The Balaban J connectivity index is 1.67. The molecule has 2 aromatic carbocycles. The van der Waals surface area contributed by atoms with E-state index >= 15 is 0 Å². The molecule has 7 heteroatoms. The molecule has 116 valence electrons. The molecule has 0 radical (unpaired) electrons. The van der Waals surface area contributed by atoms with E-state index in [4.69, 9.17) is 4.74 Å². The lowest BCUT2D eigenvalue weighted by atomic mass is 10.3. The zero-order valence-electron chi connectivity index (χ0n) is 12.3. The van der Waals surface area contributed by atoms with Gasteiger partial charge >= 0.3 is 12.0 Å². The van der Waals surface area contributed by atoms with Crippen molar-refractivity contribution in [3.63, 3.8) is 0 Å². The normalized spacial score (nSPS) is 10.3. The minimum absolute atomic E-state index is 0.370. The molecule has 0 spiro atoms. The predicted octanol–water partition coefficient (Wildman–Crippen LogP) is 3.13. The first-order valence-electron chi connectivity index (χ1n) is 6.90. The van der Waals surface area contributed by atoms with Crippen LogP contribution in [0.4, 0.5) is 16.2 Å². The largest absolute Gasteiger partial charge is 0.427 e.